The van der Waals surface area contributed by atoms with Crippen LogP contribution in [0.3, 0.4) is 0 Å². The van der Waals surface area contributed by atoms with E-state index in [1.54, 1.807) is 19.9 Å². The van der Waals surface area contributed by atoms with Crippen molar-refractivity contribution in [1.82, 2.24) is 0 Å². The monoisotopic (exact) mass is 1010 g/mol. The van der Waals surface area contributed by atoms with E-state index >= 15 is 0 Å². The molecule has 0 saturated heterocycles. The van der Waals surface area contributed by atoms with Gasteiger partial charge in [0.25, 0.3) is 0 Å². The average Bonchev–Trinajstić information content (AvgIpc) is 3.30. The minimum atomic E-state index is -0.931. The van der Waals surface area contributed by atoms with Gasteiger partial charge < -0.3 is 0 Å². The molecule has 8 aromatic rings. The molecule has 0 heterocycles. The van der Waals surface area contributed by atoms with Crippen molar-refractivity contribution in [3.8, 4) is 44.5 Å². The Labute approximate surface area is 442 Å². The molecule has 0 aliphatic rings. The van der Waals surface area contributed by atoms with Crippen LogP contribution >= 0.6 is 0 Å². The predicted molar refractivity (Wildman–Crippen MR) is 317 cm³/mol. The van der Waals surface area contributed by atoms with Gasteiger partial charge in [0.2, 0.25) is 0 Å². The zero-order chi connectivity index (χ0) is 51.9. The second kappa shape index (κ2) is 21.4. The maximum atomic E-state index is 2.66. The van der Waals surface area contributed by atoms with Crippen LogP contribution in [-0.4, -0.2) is 15.4 Å². The van der Waals surface area contributed by atoms with Gasteiger partial charge in [-0.15, -0.1) is 0 Å². The van der Waals surface area contributed by atoms with Crippen LogP contribution in [0, 0.1) is 55.4 Å². The fourth-order valence-corrected chi connectivity index (χ4v) is 15.7. The molecular weight excluding hydrogens is 925 g/mol. The van der Waals surface area contributed by atoms with Crippen LogP contribution in [0.25, 0.3) is 44.5 Å². The van der Waals surface area contributed by atoms with Gasteiger partial charge >= 0.3 is 445 Å². The molecule has 0 N–H and O–H groups in total. The van der Waals surface area contributed by atoms with Crippen LogP contribution < -0.4 is 8.79 Å². The Morgan fingerprint density at radius 2 is 0.639 bits per heavy atom. The number of hydrogen-bond donors (Lipinski definition) is 0. The van der Waals surface area contributed by atoms with Crippen molar-refractivity contribution in [1.29, 1.82) is 0 Å². The Bertz CT molecular complexity index is 2880. The summed E-state index contributed by atoms with van der Waals surface area (Å²) >= 11 is -0.931. The van der Waals surface area contributed by atoms with Gasteiger partial charge in [-0.3, -0.25) is 0 Å². The zero-order valence-corrected chi connectivity index (χ0v) is 48.9. The van der Waals surface area contributed by atoms with Crippen LogP contribution in [-0.2, 0) is 18.3 Å². The van der Waals surface area contributed by atoms with Gasteiger partial charge in [-0.1, -0.05) is 0 Å². The first-order valence-electron chi connectivity index (χ1n) is 26.8. The summed E-state index contributed by atoms with van der Waals surface area (Å²) in [6, 6.07) is 52.1. The minimum absolute atomic E-state index is 0.0871. The van der Waals surface area contributed by atoms with Crippen LogP contribution in [0.4, 0.5) is 0 Å². The number of benzene rings is 8. The van der Waals surface area contributed by atoms with Crippen molar-refractivity contribution >= 4 is 24.2 Å². The molecular formula is C71H80Ge. The third-order valence-corrected chi connectivity index (χ3v) is 19.2. The SMILES string of the molecule is Cc1cccc(C)c1-c1cccc(-c2c(C)cccc2C)c1Cc1cc(C(C)(C)C)cc(Cc2c(-c3c(C)cccc3C)cccc2-c2c(C)cccc2C)[c]1[Ge][c]1c(C(C)C)cc(C(C)C)cc1C(C)C. The Morgan fingerprint density at radius 3 is 0.889 bits per heavy atom. The molecule has 8 rings (SSSR count). The van der Waals surface area contributed by atoms with E-state index < -0.39 is 15.4 Å². The summed E-state index contributed by atoms with van der Waals surface area (Å²) < 4.78 is 3.23. The molecule has 1 heteroatoms. The molecule has 0 atom stereocenters. The van der Waals surface area contributed by atoms with Gasteiger partial charge in [-0.2, -0.15) is 0 Å². The van der Waals surface area contributed by atoms with E-state index in [9.17, 15) is 0 Å². The topological polar surface area (TPSA) is 0 Å². The molecule has 0 saturated carbocycles. The van der Waals surface area contributed by atoms with Gasteiger partial charge in [0, 0.05) is 0 Å². The Kier molecular flexibility index (Phi) is 15.6. The second-order valence-electron chi connectivity index (χ2n) is 23.2. The van der Waals surface area contributed by atoms with Gasteiger partial charge in [-0.25, -0.2) is 0 Å². The standard InChI is InChI=1S/C71H80Ge/c1-42(2)53-38-61(43(3)4)70(62(39-53)44(5)6)72-69-54(40-63-57(65-45(7)24-18-25-46(65)8)32-22-33-58(63)66-47(9)26-19-27-48(66)10)36-56(71(15,16)17)37-55(69)41-64-59(67-49(11)28-20-29-50(67)12)34-23-35-60(64)68-51(13)30-21-31-52(68)14/h18-39,42-44H,40-41H2,1-17H3. The summed E-state index contributed by atoms with van der Waals surface area (Å²) in [6.45, 7) is 40.1. The summed E-state index contributed by atoms with van der Waals surface area (Å²) in [5.74, 6) is 1.27. The van der Waals surface area contributed by atoms with E-state index in [0.29, 0.717) is 17.8 Å². The van der Waals surface area contributed by atoms with Gasteiger partial charge in [0.15, 0.2) is 0 Å². The summed E-state index contributed by atoms with van der Waals surface area (Å²) in [4.78, 5) is 0. The van der Waals surface area contributed by atoms with Crippen LogP contribution in [0.15, 0.2) is 133 Å². The summed E-state index contributed by atoms with van der Waals surface area (Å²) in [6.07, 6.45) is 1.67. The predicted octanol–water partition coefficient (Wildman–Crippen LogP) is 18.3. The fraction of sp³-hybridized carbons (Fsp3) is 0.324. The van der Waals surface area contributed by atoms with Crippen molar-refractivity contribution in [2.75, 3.05) is 0 Å². The molecule has 8 aromatic carbocycles. The number of hydrogen-bond acceptors (Lipinski definition) is 0. The first-order valence-corrected chi connectivity index (χ1v) is 28.9. The summed E-state index contributed by atoms with van der Waals surface area (Å²) in [7, 11) is 0. The summed E-state index contributed by atoms with van der Waals surface area (Å²) in [5, 5.41) is 0. The third-order valence-electron chi connectivity index (χ3n) is 15.6. The van der Waals surface area contributed by atoms with Gasteiger partial charge in [0.05, 0.1) is 0 Å². The third kappa shape index (κ3) is 10.5. The van der Waals surface area contributed by atoms with E-state index in [4.69, 9.17) is 0 Å². The molecule has 0 nitrogen and oxygen atoms in total. The number of aryl methyl sites for hydroxylation is 8. The maximum absolute atomic E-state index is 2.66. The van der Waals surface area contributed by atoms with E-state index in [1.807, 2.05) is 0 Å². The first-order chi connectivity index (χ1) is 34.2. The average molecular weight is 1010 g/mol. The molecule has 0 aliphatic carbocycles. The Hall–Kier alpha value is -5.70. The van der Waals surface area contributed by atoms with Crippen LogP contribution in [0.1, 0.15) is 169 Å². The van der Waals surface area contributed by atoms with Gasteiger partial charge in [0.1, 0.15) is 0 Å². The second-order valence-corrected chi connectivity index (χ2v) is 25.8. The number of rotatable bonds is 13. The zero-order valence-electron chi connectivity index (χ0n) is 46.8. The summed E-state index contributed by atoms with van der Waals surface area (Å²) in [5.41, 5.74) is 33.1. The van der Waals surface area contributed by atoms with Crippen molar-refractivity contribution < 1.29 is 0 Å². The molecule has 0 aliphatic heterocycles. The van der Waals surface area contributed by atoms with Crippen LogP contribution in [0.5, 0.6) is 0 Å². The molecule has 72 heavy (non-hydrogen) atoms. The molecule has 368 valence electrons. The van der Waals surface area contributed by atoms with Crippen molar-refractivity contribution in [3.05, 3.63) is 222 Å². The molecule has 0 spiro atoms. The molecule has 0 aromatic heterocycles. The Morgan fingerprint density at radius 1 is 0.361 bits per heavy atom. The Balaban J connectivity index is 1.53. The van der Waals surface area contributed by atoms with Crippen molar-refractivity contribution in [2.24, 2.45) is 0 Å². The molecule has 0 bridgehead atoms. The van der Waals surface area contributed by atoms with Gasteiger partial charge in [-0.05, 0) is 0 Å². The first kappa shape index (κ1) is 52.6. The quantitative estimate of drug-likeness (QED) is 0.101. The molecule has 0 unspecified atom stereocenters. The van der Waals surface area contributed by atoms with E-state index in [-0.39, 0.29) is 5.41 Å². The van der Waals surface area contributed by atoms with E-state index in [0.717, 1.165) is 12.8 Å². The van der Waals surface area contributed by atoms with Crippen LogP contribution in [0.2, 0.25) is 0 Å². The van der Waals surface area contributed by atoms with Crippen molar-refractivity contribution in [2.45, 2.75) is 154 Å². The molecule has 2 radical (unpaired) electrons. The van der Waals surface area contributed by atoms with E-state index in [1.165, 1.54) is 122 Å². The van der Waals surface area contributed by atoms with E-state index in [2.05, 4.69) is 251 Å². The fourth-order valence-electron chi connectivity index (χ4n) is 11.7. The molecule has 0 fully saturated rings. The normalized spacial score (nSPS) is 11.9. The molecule has 0 amide bonds. The van der Waals surface area contributed by atoms with Crippen molar-refractivity contribution in [3.63, 3.8) is 0 Å².